The molecule has 2 saturated heterocycles. The Morgan fingerprint density at radius 1 is 1.03 bits per heavy atom. The monoisotopic (exact) mass is 463 g/mol. The summed E-state index contributed by atoms with van der Waals surface area (Å²) in [6.07, 6.45) is 7.94. The zero-order valence-electron chi connectivity index (χ0n) is 18.7. The summed E-state index contributed by atoms with van der Waals surface area (Å²) in [5, 5.41) is 0. The summed E-state index contributed by atoms with van der Waals surface area (Å²) in [5.41, 5.74) is 1.50. The average Bonchev–Trinajstić information content (AvgIpc) is 3.19. The number of likely N-dealkylation sites (tertiary alicyclic amines) is 1. The summed E-state index contributed by atoms with van der Waals surface area (Å²) in [6, 6.07) is 6.50. The minimum absolute atomic E-state index is 0.0839. The molecule has 176 valence electrons. The number of sulfonamides is 1. The van der Waals surface area contributed by atoms with E-state index in [1.807, 2.05) is 12.1 Å². The lowest BCUT2D eigenvalue weighted by atomic mass is 9.85. The third-order valence-electron chi connectivity index (χ3n) is 7.02. The maximum absolute atomic E-state index is 13.1. The van der Waals surface area contributed by atoms with Crippen molar-refractivity contribution in [1.29, 1.82) is 0 Å². The number of ether oxygens (including phenoxy) is 1. The Balaban J connectivity index is 1.42. The molecule has 3 fully saturated rings. The molecule has 1 saturated carbocycles. The molecule has 1 aromatic rings. The molecule has 4 rings (SSSR count). The number of rotatable bonds is 6. The van der Waals surface area contributed by atoms with Crippen molar-refractivity contribution in [3.05, 3.63) is 24.3 Å². The molecule has 3 atom stereocenters. The Kier molecular flexibility index (Phi) is 6.93. The number of nitrogens with one attached hydrogen (secondary N) is 1. The third-order valence-corrected chi connectivity index (χ3v) is 8.20. The lowest BCUT2D eigenvalue weighted by molar-refractivity contribution is -0.151. The van der Waals surface area contributed by atoms with Crippen LogP contribution in [0.5, 0.6) is 0 Å². The minimum atomic E-state index is -3.91. The molecular formula is C23H33N3O5S. The Bertz CT molecular complexity index is 927. The fourth-order valence-electron chi connectivity index (χ4n) is 5.51. The first kappa shape index (κ1) is 22.9. The van der Waals surface area contributed by atoms with Gasteiger partial charge in [-0.15, -0.1) is 0 Å². The first-order valence-electron chi connectivity index (χ1n) is 11.6. The molecule has 32 heavy (non-hydrogen) atoms. The molecule has 3 unspecified atom stereocenters. The van der Waals surface area contributed by atoms with Crippen molar-refractivity contribution in [2.45, 2.75) is 63.5 Å². The van der Waals surface area contributed by atoms with Crippen LogP contribution in [0.2, 0.25) is 0 Å². The number of piperidine rings is 1. The number of carbonyl (C=O) groups excluding carboxylic acids is 2. The molecule has 0 bridgehead atoms. The van der Waals surface area contributed by atoms with Gasteiger partial charge >= 0.3 is 5.97 Å². The van der Waals surface area contributed by atoms with Gasteiger partial charge in [0, 0.05) is 30.5 Å². The van der Waals surface area contributed by atoms with Crippen LogP contribution in [0.1, 0.15) is 51.4 Å². The van der Waals surface area contributed by atoms with E-state index in [-0.39, 0.29) is 12.0 Å². The number of anilines is 2. The summed E-state index contributed by atoms with van der Waals surface area (Å²) >= 11 is 0. The molecule has 1 aromatic carbocycles. The van der Waals surface area contributed by atoms with Crippen molar-refractivity contribution in [3.8, 4) is 0 Å². The van der Waals surface area contributed by atoms with E-state index in [1.54, 1.807) is 12.1 Å². The number of fused-ring (bicyclic) bond motifs is 1. The number of nitrogens with zero attached hydrogens (tertiary/aromatic N) is 2. The van der Waals surface area contributed by atoms with E-state index in [2.05, 4.69) is 9.62 Å². The Morgan fingerprint density at radius 2 is 1.72 bits per heavy atom. The molecule has 1 N–H and O–H groups in total. The van der Waals surface area contributed by atoms with Crippen molar-refractivity contribution >= 4 is 33.3 Å². The summed E-state index contributed by atoms with van der Waals surface area (Å²) in [6.45, 7) is 2.03. The molecule has 0 spiro atoms. The van der Waals surface area contributed by atoms with Crippen molar-refractivity contribution in [2.24, 2.45) is 5.92 Å². The highest BCUT2D eigenvalue weighted by Crippen LogP contribution is 2.40. The minimum Gasteiger partial charge on any atom is -0.467 e. The number of benzene rings is 1. The molecule has 9 heteroatoms. The molecule has 3 aliphatic rings. The molecule has 0 aromatic heterocycles. The highest BCUT2D eigenvalue weighted by Gasteiger charge is 2.48. The van der Waals surface area contributed by atoms with Crippen LogP contribution in [0, 0.1) is 5.92 Å². The van der Waals surface area contributed by atoms with Crippen LogP contribution in [0.4, 0.5) is 11.4 Å². The van der Waals surface area contributed by atoms with E-state index in [1.165, 1.54) is 31.3 Å². The van der Waals surface area contributed by atoms with Crippen LogP contribution in [0.3, 0.4) is 0 Å². The first-order chi connectivity index (χ1) is 15.4. The van der Waals surface area contributed by atoms with Gasteiger partial charge < -0.3 is 14.5 Å². The first-order valence-corrected chi connectivity index (χ1v) is 13.3. The van der Waals surface area contributed by atoms with Crippen LogP contribution in [-0.4, -0.2) is 63.2 Å². The maximum atomic E-state index is 13.1. The predicted molar refractivity (Wildman–Crippen MR) is 123 cm³/mol. The average molecular weight is 464 g/mol. The number of carbonyl (C=O) groups is 2. The molecule has 8 nitrogen and oxygen atoms in total. The SMILES string of the molecule is COC(=O)C1CC2CCCCC2N1C(=O)CS(=O)(=O)Nc1ccc(N2CCCCC2)cc1. The van der Waals surface area contributed by atoms with E-state index in [9.17, 15) is 18.0 Å². The van der Waals surface area contributed by atoms with Gasteiger partial charge in [0.1, 0.15) is 11.8 Å². The molecule has 1 aliphatic carbocycles. The highest BCUT2D eigenvalue weighted by molar-refractivity contribution is 7.93. The van der Waals surface area contributed by atoms with E-state index < -0.39 is 33.7 Å². The van der Waals surface area contributed by atoms with Crippen LogP contribution in [0.25, 0.3) is 0 Å². The number of hydrogen-bond donors (Lipinski definition) is 1. The topological polar surface area (TPSA) is 96.0 Å². The maximum Gasteiger partial charge on any atom is 0.328 e. The lowest BCUT2D eigenvalue weighted by Crippen LogP contribution is -2.49. The number of methoxy groups -OCH3 is 1. The second-order valence-corrected chi connectivity index (χ2v) is 10.9. The molecular weight excluding hydrogens is 430 g/mol. The molecule has 2 aliphatic heterocycles. The van der Waals surface area contributed by atoms with Crippen LogP contribution >= 0.6 is 0 Å². The van der Waals surface area contributed by atoms with Gasteiger partial charge in [0.05, 0.1) is 7.11 Å². The molecule has 0 radical (unpaired) electrons. The normalized spacial score (nSPS) is 25.8. The number of esters is 1. The van der Waals surface area contributed by atoms with Gasteiger partial charge in [0.2, 0.25) is 15.9 Å². The zero-order valence-corrected chi connectivity index (χ0v) is 19.5. The molecule has 2 heterocycles. The van der Waals surface area contributed by atoms with Gasteiger partial charge in [-0.05, 0) is 68.7 Å². The van der Waals surface area contributed by atoms with E-state index in [0.717, 1.165) is 44.5 Å². The Hall–Kier alpha value is -2.29. The van der Waals surface area contributed by atoms with Crippen LogP contribution < -0.4 is 9.62 Å². The highest BCUT2D eigenvalue weighted by atomic mass is 32.2. The smallest absolute Gasteiger partial charge is 0.328 e. The second kappa shape index (κ2) is 9.68. The lowest BCUT2D eigenvalue weighted by Gasteiger charge is -2.33. The summed E-state index contributed by atoms with van der Waals surface area (Å²) < 4.78 is 33.0. The number of amides is 1. The van der Waals surface area contributed by atoms with E-state index in [0.29, 0.717) is 12.1 Å². The Labute approximate surface area is 190 Å². The van der Waals surface area contributed by atoms with E-state index >= 15 is 0 Å². The standard InChI is InChI=1S/C23H33N3O5S/c1-31-23(28)21-15-17-7-3-4-8-20(17)26(21)22(27)16-32(29,30)24-18-9-11-19(12-10-18)25-13-5-2-6-14-25/h9-12,17,20-21,24H,2-8,13-16H2,1H3. The fraction of sp³-hybridized carbons (Fsp3) is 0.652. The van der Waals surface area contributed by atoms with Gasteiger partial charge in [0.15, 0.2) is 0 Å². The predicted octanol–water partition coefficient (Wildman–Crippen LogP) is 2.75. The second-order valence-electron chi connectivity index (χ2n) is 9.14. The summed E-state index contributed by atoms with van der Waals surface area (Å²) in [4.78, 5) is 29.2. The van der Waals surface area contributed by atoms with Gasteiger partial charge in [0.25, 0.3) is 0 Å². The van der Waals surface area contributed by atoms with Crippen molar-refractivity contribution in [1.82, 2.24) is 4.90 Å². The summed E-state index contributed by atoms with van der Waals surface area (Å²) in [7, 11) is -2.61. The van der Waals surface area contributed by atoms with Crippen molar-refractivity contribution in [3.63, 3.8) is 0 Å². The molecule has 1 amide bonds. The fourth-order valence-corrected chi connectivity index (χ4v) is 6.55. The van der Waals surface area contributed by atoms with Crippen LogP contribution in [-0.2, 0) is 24.3 Å². The van der Waals surface area contributed by atoms with Crippen molar-refractivity contribution in [2.75, 3.05) is 35.6 Å². The summed E-state index contributed by atoms with van der Waals surface area (Å²) in [5.74, 6) is -1.45. The number of hydrogen-bond acceptors (Lipinski definition) is 6. The third kappa shape index (κ3) is 5.03. The zero-order chi connectivity index (χ0) is 22.7. The van der Waals surface area contributed by atoms with E-state index in [4.69, 9.17) is 4.74 Å². The quantitative estimate of drug-likeness (QED) is 0.652. The van der Waals surface area contributed by atoms with Gasteiger partial charge in [-0.25, -0.2) is 13.2 Å². The van der Waals surface area contributed by atoms with Gasteiger partial charge in [-0.2, -0.15) is 0 Å². The largest absolute Gasteiger partial charge is 0.467 e. The Morgan fingerprint density at radius 3 is 2.41 bits per heavy atom. The van der Waals surface area contributed by atoms with Crippen LogP contribution in [0.15, 0.2) is 24.3 Å². The van der Waals surface area contributed by atoms with Crippen molar-refractivity contribution < 1.29 is 22.7 Å². The van der Waals surface area contributed by atoms with Gasteiger partial charge in [-0.3, -0.25) is 9.52 Å². The van der Waals surface area contributed by atoms with Gasteiger partial charge in [-0.1, -0.05) is 12.8 Å².